The molecule has 55 heavy (non-hydrogen) atoms. The number of pyridine rings is 2. The van der Waals surface area contributed by atoms with Gasteiger partial charge in [-0.05, 0) is 78.7 Å². The molecule has 3 aliphatic rings. The number of hydrogen-bond donors (Lipinski definition) is 2. The molecule has 3 saturated heterocycles. The second kappa shape index (κ2) is 17.1. The average molecular weight is 767 g/mol. The van der Waals surface area contributed by atoms with Crippen molar-refractivity contribution in [2.45, 2.75) is 129 Å². The number of fused-ring (bicyclic) bond motifs is 2. The summed E-state index contributed by atoms with van der Waals surface area (Å²) in [6.45, 7) is 13.8. The summed E-state index contributed by atoms with van der Waals surface area (Å²) in [5.74, 6) is -5.16. The van der Waals surface area contributed by atoms with Gasteiger partial charge in [0.05, 0.1) is 36.0 Å². The van der Waals surface area contributed by atoms with Crippen molar-refractivity contribution in [1.82, 2.24) is 20.2 Å². The highest BCUT2D eigenvalue weighted by molar-refractivity contribution is 6.00. The Morgan fingerprint density at radius 1 is 1.05 bits per heavy atom. The number of nitrogens with zero attached hydrogens (tertiary/aromatic N) is 3. The van der Waals surface area contributed by atoms with Crippen LogP contribution in [0.3, 0.4) is 0 Å². The number of cyclic esters (lactones) is 1. The molecule has 14 nitrogen and oxygen atoms in total. The summed E-state index contributed by atoms with van der Waals surface area (Å²) in [5, 5.41) is 15.2. The number of amides is 1. The van der Waals surface area contributed by atoms with E-state index in [4.69, 9.17) is 23.7 Å². The third kappa shape index (κ3) is 8.93. The molecule has 3 fully saturated rings. The molecule has 5 heterocycles. The second-order valence-electron chi connectivity index (χ2n) is 16.2. The molecule has 0 spiro atoms. The van der Waals surface area contributed by atoms with Crippen LogP contribution in [0.25, 0.3) is 17.0 Å². The number of aliphatic hydroxyl groups is 1. The molecule has 3 aliphatic heterocycles. The normalized spacial score (nSPS) is 38.1. The number of Topliss-reactive ketones (excluding diaryl/α,β-unsaturated/α-hetero) is 2. The summed E-state index contributed by atoms with van der Waals surface area (Å²) < 4.78 is 31.3. The van der Waals surface area contributed by atoms with Crippen LogP contribution in [0.4, 0.5) is 4.79 Å². The Hall–Kier alpha value is -3.82. The highest BCUT2D eigenvalue weighted by Crippen LogP contribution is 2.40. The maximum Gasteiger partial charge on any atom is 0.408 e. The van der Waals surface area contributed by atoms with Crippen molar-refractivity contribution < 1.29 is 48.0 Å². The molecule has 1 amide bonds. The summed E-state index contributed by atoms with van der Waals surface area (Å²) in [6.07, 6.45) is 4.42. The molecule has 0 saturated carbocycles. The predicted molar refractivity (Wildman–Crippen MR) is 204 cm³/mol. The van der Waals surface area contributed by atoms with Gasteiger partial charge in [-0.15, -0.1) is 0 Å². The molecule has 1 unspecified atom stereocenters. The Balaban J connectivity index is 1.56. The first-order chi connectivity index (χ1) is 25.9. The molecule has 5 rings (SSSR count). The van der Waals surface area contributed by atoms with Gasteiger partial charge in [0.2, 0.25) is 0 Å². The largest absolute Gasteiger partial charge is 0.458 e. The first kappa shape index (κ1) is 42.3. The van der Waals surface area contributed by atoms with E-state index in [9.17, 15) is 24.3 Å². The number of likely N-dealkylation sites (N-methyl/N-ethyl adjacent to an activating group) is 1. The Labute approximate surface area is 323 Å². The lowest BCUT2D eigenvalue weighted by molar-refractivity contribution is -0.296. The number of hydrogen-bond acceptors (Lipinski definition) is 13. The van der Waals surface area contributed by atoms with Gasteiger partial charge >= 0.3 is 12.1 Å². The van der Waals surface area contributed by atoms with Crippen LogP contribution in [0.5, 0.6) is 0 Å². The molecular formula is C41H58N4O10. The number of aromatic nitrogens is 2. The van der Waals surface area contributed by atoms with Gasteiger partial charge in [-0.1, -0.05) is 39.8 Å². The van der Waals surface area contributed by atoms with E-state index in [2.05, 4.69) is 15.3 Å². The monoisotopic (exact) mass is 766 g/mol. The summed E-state index contributed by atoms with van der Waals surface area (Å²) in [7, 11) is 3.73. The Kier molecular flexibility index (Phi) is 13.2. The number of aliphatic hydroxyl groups excluding tert-OH is 1. The predicted octanol–water partition coefficient (Wildman–Crippen LogP) is 4.50. The number of ether oxygens (including phenoxy) is 5. The number of rotatable bonds is 8. The Morgan fingerprint density at radius 3 is 2.47 bits per heavy atom. The van der Waals surface area contributed by atoms with Crippen molar-refractivity contribution in [3.63, 3.8) is 0 Å². The average Bonchev–Trinajstić information content (AvgIpc) is 3.47. The molecule has 0 aliphatic carbocycles. The number of alkyl carbamates (subject to hydrolysis) is 1. The van der Waals surface area contributed by atoms with Crippen LogP contribution in [-0.4, -0.2) is 118 Å². The van der Waals surface area contributed by atoms with Gasteiger partial charge in [-0.3, -0.25) is 24.4 Å². The fourth-order valence-electron chi connectivity index (χ4n) is 8.63. The molecule has 2 aromatic rings. The van der Waals surface area contributed by atoms with E-state index in [-0.39, 0.29) is 37.4 Å². The van der Waals surface area contributed by atoms with E-state index in [1.165, 1.54) is 6.92 Å². The number of carbonyl (C=O) groups excluding carboxylic acids is 4. The van der Waals surface area contributed by atoms with E-state index in [0.717, 1.165) is 16.5 Å². The Morgan fingerprint density at radius 2 is 1.78 bits per heavy atom. The maximum absolute atomic E-state index is 14.4. The van der Waals surface area contributed by atoms with Crippen molar-refractivity contribution >= 4 is 40.6 Å². The molecule has 13 atom stereocenters. The number of ketones is 2. The van der Waals surface area contributed by atoms with Crippen molar-refractivity contribution in [1.29, 1.82) is 0 Å². The van der Waals surface area contributed by atoms with Gasteiger partial charge in [0.25, 0.3) is 0 Å². The zero-order valence-corrected chi connectivity index (χ0v) is 33.7. The van der Waals surface area contributed by atoms with E-state index < -0.39 is 83.4 Å². The summed E-state index contributed by atoms with van der Waals surface area (Å²) >= 11 is 0. The minimum Gasteiger partial charge on any atom is -0.458 e. The van der Waals surface area contributed by atoms with Crippen LogP contribution >= 0.6 is 0 Å². The molecule has 2 aromatic heterocycles. The fraction of sp³-hybridized carbons (Fsp3) is 0.659. The maximum atomic E-state index is 14.4. The lowest BCUT2D eigenvalue weighted by Crippen LogP contribution is -2.60. The number of esters is 1. The van der Waals surface area contributed by atoms with Crippen molar-refractivity contribution in [3.8, 4) is 0 Å². The first-order valence-corrected chi connectivity index (χ1v) is 19.3. The minimum atomic E-state index is -1.38. The Bertz CT molecular complexity index is 1750. The van der Waals surface area contributed by atoms with Crippen LogP contribution in [0, 0.1) is 23.7 Å². The number of nitrogens with one attached hydrogen (secondary N) is 1. The zero-order valence-electron chi connectivity index (χ0n) is 33.7. The second-order valence-corrected chi connectivity index (χ2v) is 16.2. The van der Waals surface area contributed by atoms with Gasteiger partial charge in [0.1, 0.15) is 23.9 Å². The smallest absolute Gasteiger partial charge is 0.408 e. The van der Waals surface area contributed by atoms with Crippen LogP contribution in [-0.2, 0) is 38.1 Å². The molecule has 0 aromatic carbocycles. The molecular weight excluding hydrogens is 708 g/mol. The third-order valence-corrected chi connectivity index (χ3v) is 11.8. The van der Waals surface area contributed by atoms with Gasteiger partial charge in [0.15, 0.2) is 17.7 Å². The van der Waals surface area contributed by atoms with Gasteiger partial charge < -0.3 is 39.0 Å². The molecule has 302 valence electrons. The van der Waals surface area contributed by atoms with Gasteiger partial charge in [-0.25, -0.2) is 4.79 Å². The van der Waals surface area contributed by atoms with Gasteiger partial charge in [-0.2, -0.15) is 0 Å². The zero-order chi connectivity index (χ0) is 40.4. The molecule has 0 radical (unpaired) electrons. The van der Waals surface area contributed by atoms with E-state index in [0.29, 0.717) is 6.42 Å². The van der Waals surface area contributed by atoms with Crippen LogP contribution in [0.15, 0.2) is 36.8 Å². The summed E-state index contributed by atoms with van der Waals surface area (Å²) in [6, 6.07) is 2.65. The topological polar surface area (TPSA) is 176 Å². The summed E-state index contributed by atoms with van der Waals surface area (Å²) in [5.41, 5.74) is -1.12. The van der Waals surface area contributed by atoms with E-state index >= 15 is 0 Å². The number of carbonyl (C=O) groups is 4. The fourth-order valence-corrected chi connectivity index (χ4v) is 8.63. The van der Waals surface area contributed by atoms with Crippen molar-refractivity contribution in [2.24, 2.45) is 23.7 Å². The minimum absolute atomic E-state index is 0.0456. The highest BCUT2D eigenvalue weighted by Gasteiger charge is 2.57. The molecule has 0 bridgehead atoms. The van der Waals surface area contributed by atoms with E-state index in [1.807, 2.05) is 50.2 Å². The van der Waals surface area contributed by atoms with Crippen molar-refractivity contribution in [3.05, 3.63) is 42.4 Å². The lowest BCUT2D eigenvalue weighted by Gasteiger charge is -2.47. The molecule has 14 heteroatoms. The van der Waals surface area contributed by atoms with Crippen molar-refractivity contribution in [2.75, 3.05) is 20.7 Å². The first-order valence-electron chi connectivity index (χ1n) is 19.3. The molecule has 2 N–H and O–H groups in total. The van der Waals surface area contributed by atoms with Crippen LogP contribution < -0.4 is 5.32 Å². The van der Waals surface area contributed by atoms with Gasteiger partial charge in [0, 0.05) is 47.8 Å². The lowest BCUT2D eigenvalue weighted by atomic mass is 9.73. The highest BCUT2D eigenvalue weighted by atomic mass is 16.7. The third-order valence-electron chi connectivity index (χ3n) is 11.8. The van der Waals surface area contributed by atoms with E-state index in [1.54, 1.807) is 60.1 Å². The van der Waals surface area contributed by atoms with Crippen LogP contribution in [0.2, 0.25) is 0 Å². The van der Waals surface area contributed by atoms with Crippen LogP contribution in [0.1, 0.15) is 80.2 Å². The standard InChI is InChI=1S/C41H58N4O10/c1-11-31-41(8)35(44-39(50)55-41)24(4)32(46)22(2)19-40(7,51-16-12-13-27-18-28-21-42-15-14-29(28)43-20-27)36(25(5)33(47)26(6)37(49)53-31)54-38-34(48)30(45(9)10)17-23(3)52-38/h12-15,18,20-26,30-31,34-36,38,48H,11,16-17,19H2,1-10H3,(H,44,50)/b13-12+/t22-,23-,24+,25+,26-,30+,31?,34-,35-,36-,38+,40-,41-/m1/s1. The summed E-state index contributed by atoms with van der Waals surface area (Å²) in [4.78, 5) is 65.9. The quantitative estimate of drug-likeness (QED) is 0.284. The SMILES string of the molecule is CCC1OC(=O)[C@H](C)C(=O)[C@H](C)[C@@H](O[C@@H]2O[C@H](C)C[C@H](N(C)C)[C@H]2O)[C@](C)(OC/C=C/c2cnc3ccncc3c2)C[C@@H](C)C(=O)[C@H](C)[C@H]2NC(=O)O[C@]12C.